The zero-order valence-electron chi connectivity index (χ0n) is 19.0. The standard InChI is InChI=1S/C21H19Cl2N5O6S3/c1-2-27-18(32)16(30)25-26-21(27)37-7-9-6-36-19-14(17(31)28(19)15(9)20(33)34)24-13(29)8-35-12-5-10(22)3-4-11(12)23/h3-5,14,19H,2,6-8H2,1H3,(H,24,29)(H,25,30)(H,33,34)/t14?,19-/m0/s1. The fourth-order valence-electron chi connectivity index (χ4n) is 3.67. The van der Waals surface area contributed by atoms with Crippen LogP contribution in [0.1, 0.15) is 6.92 Å². The molecule has 4 rings (SSSR count). The van der Waals surface area contributed by atoms with Gasteiger partial charge in [0.05, 0.1) is 10.8 Å². The van der Waals surface area contributed by atoms with Gasteiger partial charge < -0.3 is 15.5 Å². The van der Waals surface area contributed by atoms with E-state index in [2.05, 4.69) is 15.5 Å². The van der Waals surface area contributed by atoms with Crippen molar-refractivity contribution < 1.29 is 24.6 Å². The van der Waals surface area contributed by atoms with Crippen molar-refractivity contribution in [1.82, 2.24) is 25.0 Å². The van der Waals surface area contributed by atoms with E-state index in [1.807, 2.05) is 0 Å². The molecule has 196 valence electrons. The number of halogens is 2. The van der Waals surface area contributed by atoms with Gasteiger partial charge in [-0.05, 0) is 30.7 Å². The molecular formula is C21H19Cl2N5O6S3. The normalized spacial score (nSPS) is 18.9. The van der Waals surface area contributed by atoms with E-state index in [0.29, 0.717) is 26.3 Å². The molecule has 0 radical (unpaired) electrons. The minimum atomic E-state index is -1.27. The molecule has 1 aromatic carbocycles. The molecule has 11 nitrogen and oxygen atoms in total. The molecule has 1 saturated heterocycles. The number of nitrogens with zero attached hydrogens (tertiary/aromatic N) is 4. The van der Waals surface area contributed by atoms with Crippen LogP contribution >= 0.6 is 58.5 Å². The minimum Gasteiger partial charge on any atom is -0.488 e. The molecule has 3 N–H and O–H groups in total. The maximum absolute atomic E-state index is 12.9. The van der Waals surface area contributed by atoms with Gasteiger partial charge in [-0.1, -0.05) is 35.0 Å². The van der Waals surface area contributed by atoms with Crippen molar-refractivity contribution in [2.45, 2.75) is 34.9 Å². The number of carbonyl (C=O) groups is 3. The summed E-state index contributed by atoms with van der Waals surface area (Å²) in [7, 11) is 0. The Morgan fingerprint density at radius 2 is 2.00 bits per heavy atom. The Balaban J connectivity index is 1.42. The van der Waals surface area contributed by atoms with Gasteiger partial charge in [0.2, 0.25) is 5.91 Å². The number of rotatable bonds is 9. The van der Waals surface area contributed by atoms with E-state index >= 15 is 0 Å². The first-order valence-corrected chi connectivity index (χ1v) is 14.5. The highest BCUT2D eigenvalue weighted by molar-refractivity contribution is 8.01. The number of aromatic hydroxyl groups is 1. The number of fused-ring (bicyclic) bond motifs is 1. The lowest BCUT2D eigenvalue weighted by Crippen LogP contribution is -2.70. The Labute approximate surface area is 233 Å². The first-order chi connectivity index (χ1) is 17.6. The number of aliphatic carboxylic acids is 1. The molecule has 2 aromatic rings. The predicted molar refractivity (Wildman–Crippen MR) is 141 cm³/mol. The predicted octanol–water partition coefficient (Wildman–Crippen LogP) is 2.29. The molecule has 2 atom stereocenters. The first kappa shape index (κ1) is 27.6. The van der Waals surface area contributed by atoms with Crippen molar-refractivity contribution in [3.8, 4) is 5.88 Å². The maximum Gasteiger partial charge on any atom is 0.352 e. The highest BCUT2D eigenvalue weighted by atomic mass is 35.5. The number of thioether (sulfide) groups is 3. The third-order valence-electron chi connectivity index (χ3n) is 5.41. The molecule has 2 amide bonds. The van der Waals surface area contributed by atoms with Crippen LogP contribution in [0.4, 0.5) is 0 Å². The number of β-lactam (4-membered cyclic amide) rings is 1. The molecule has 1 aromatic heterocycles. The molecule has 37 heavy (non-hydrogen) atoms. The molecule has 0 saturated carbocycles. The van der Waals surface area contributed by atoms with Crippen molar-refractivity contribution in [2.24, 2.45) is 0 Å². The molecule has 1 fully saturated rings. The first-order valence-electron chi connectivity index (χ1n) is 10.7. The Morgan fingerprint density at radius 3 is 2.70 bits per heavy atom. The summed E-state index contributed by atoms with van der Waals surface area (Å²) < 4.78 is 1.22. The number of benzene rings is 1. The van der Waals surface area contributed by atoms with Crippen LogP contribution in [-0.4, -0.2) is 76.3 Å². The van der Waals surface area contributed by atoms with Gasteiger partial charge in [-0.15, -0.1) is 33.7 Å². The van der Waals surface area contributed by atoms with E-state index < -0.39 is 40.6 Å². The molecular weight excluding hydrogens is 585 g/mol. The molecule has 3 heterocycles. The lowest BCUT2D eigenvalue weighted by atomic mass is 10.0. The monoisotopic (exact) mass is 603 g/mol. The van der Waals surface area contributed by atoms with Crippen LogP contribution in [0.2, 0.25) is 10.0 Å². The Hall–Kier alpha value is -2.39. The van der Waals surface area contributed by atoms with Crippen LogP contribution in [0, 0.1) is 0 Å². The average molecular weight is 605 g/mol. The molecule has 1 unspecified atom stereocenters. The van der Waals surface area contributed by atoms with E-state index in [1.165, 1.54) is 33.0 Å². The zero-order valence-corrected chi connectivity index (χ0v) is 23.0. The van der Waals surface area contributed by atoms with Crippen LogP contribution in [0.5, 0.6) is 5.88 Å². The van der Waals surface area contributed by atoms with E-state index in [1.54, 1.807) is 25.1 Å². The summed E-state index contributed by atoms with van der Waals surface area (Å²) in [4.78, 5) is 51.3. The Bertz CT molecular complexity index is 1370. The largest absolute Gasteiger partial charge is 0.488 e. The van der Waals surface area contributed by atoms with Gasteiger partial charge in [0.25, 0.3) is 11.8 Å². The summed E-state index contributed by atoms with van der Waals surface area (Å²) in [5.41, 5.74) is -0.380. The SMILES string of the molecule is CCn1c(SCC2=C(C(=O)O)N3C(=O)C(NC(=O)CSc4cc(Cl)ccc4Cl)[C@@H]3SC2)nnc(O)c1=O. The summed E-state index contributed by atoms with van der Waals surface area (Å²) in [5.74, 6) is -2.48. The average Bonchev–Trinajstić information content (AvgIpc) is 2.87. The van der Waals surface area contributed by atoms with Gasteiger partial charge in [-0.3, -0.25) is 23.9 Å². The van der Waals surface area contributed by atoms with E-state index in [0.717, 1.165) is 11.8 Å². The number of carboxylic acids is 1. The number of nitrogens with one attached hydrogen (secondary N) is 1. The molecule has 2 aliphatic heterocycles. The van der Waals surface area contributed by atoms with Gasteiger partial charge in [-0.2, -0.15) is 0 Å². The van der Waals surface area contributed by atoms with Crippen molar-refractivity contribution >= 4 is 76.3 Å². The zero-order chi connectivity index (χ0) is 26.9. The number of hydrogen-bond donors (Lipinski definition) is 3. The highest BCUT2D eigenvalue weighted by Gasteiger charge is 2.54. The molecule has 16 heteroatoms. The van der Waals surface area contributed by atoms with Crippen molar-refractivity contribution in [3.05, 3.63) is 49.9 Å². The number of carbonyl (C=O) groups excluding carboxylic acids is 2. The molecule has 2 aliphatic rings. The Morgan fingerprint density at radius 1 is 1.24 bits per heavy atom. The van der Waals surface area contributed by atoms with Crippen LogP contribution < -0.4 is 10.9 Å². The summed E-state index contributed by atoms with van der Waals surface area (Å²) >= 11 is 15.7. The van der Waals surface area contributed by atoms with Gasteiger partial charge in [-0.25, -0.2) is 4.79 Å². The second-order valence-electron chi connectivity index (χ2n) is 7.72. The highest BCUT2D eigenvalue weighted by Crippen LogP contribution is 2.41. The lowest BCUT2D eigenvalue weighted by Gasteiger charge is -2.49. The van der Waals surface area contributed by atoms with Gasteiger partial charge in [0.1, 0.15) is 17.1 Å². The molecule has 0 spiro atoms. The summed E-state index contributed by atoms with van der Waals surface area (Å²) in [6.07, 6.45) is 0. The quantitative estimate of drug-likeness (QED) is 0.285. The number of hydrogen-bond acceptors (Lipinski definition) is 10. The van der Waals surface area contributed by atoms with Gasteiger partial charge in [0, 0.05) is 28.0 Å². The third-order valence-corrected chi connectivity index (χ3v) is 9.53. The summed E-state index contributed by atoms with van der Waals surface area (Å²) in [5, 5.41) is 29.9. The van der Waals surface area contributed by atoms with Crippen LogP contribution in [0.3, 0.4) is 0 Å². The van der Waals surface area contributed by atoms with Crippen LogP contribution in [0.25, 0.3) is 0 Å². The van der Waals surface area contributed by atoms with Crippen molar-refractivity contribution in [3.63, 3.8) is 0 Å². The molecule has 0 bridgehead atoms. The molecule has 0 aliphatic carbocycles. The number of amides is 2. The number of carboxylic acid groups (broad SMARTS) is 1. The second kappa shape index (κ2) is 11.6. The van der Waals surface area contributed by atoms with Crippen molar-refractivity contribution in [2.75, 3.05) is 17.3 Å². The third kappa shape index (κ3) is 5.72. The minimum absolute atomic E-state index is 0.00244. The Kier molecular flexibility index (Phi) is 8.63. The lowest BCUT2D eigenvalue weighted by molar-refractivity contribution is -0.150. The fourth-order valence-corrected chi connectivity index (χ4v) is 7.46. The second-order valence-corrected chi connectivity index (χ2v) is 11.6. The number of aromatic nitrogens is 3. The van der Waals surface area contributed by atoms with Crippen LogP contribution in [0.15, 0.2) is 44.3 Å². The summed E-state index contributed by atoms with van der Waals surface area (Å²) in [6, 6.07) is 4.05. The van der Waals surface area contributed by atoms with Crippen LogP contribution in [-0.2, 0) is 20.9 Å². The summed E-state index contributed by atoms with van der Waals surface area (Å²) in [6.45, 7) is 1.94. The van der Waals surface area contributed by atoms with E-state index in [4.69, 9.17) is 23.2 Å². The van der Waals surface area contributed by atoms with E-state index in [-0.39, 0.29) is 28.9 Å². The topological polar surface area (TPSA) is 155 Å². The van der Waals surface area contributed by atoms with Gasteiger partial charge >= 0.3 is 11.5 Å². The smallest absolute Gasteiger partial charge is 0.352 e. The maximum atomic E-state index is 12.9. The van der Waals surface area contributed by atoms with Crippen molar-refractivity contribution in [1.29, 1.82) is 0 Å². The van der Waals surface area contributed by atoms with E-state index in [9.17, 15) is 29.4 Å². The fraction of sp³-hybridized carbons (Fsp3) is 0.333. The van der Waals surface area contributed by atoms with Gasteiger partial charge in [0.15, 0.2) is 5.16 Å².